The molecule has 2 aromatic carbocycles. The van der Waals surface area contributed by atoms with Crippen LogP contribution in [-0.2, 0) is 0 Å². The van der Waals surface area contributed by atoms with Gasteiger partial charge in [0.05, 0.1) is 0 Å². The molecule has 5 nitrogen and oxygen atoms in total. The topological polar surface area (TPSA) is 66.9 Å². The van der Waals surface area contributed by atoms with Crippen LogP contribution in [0.1, 0.15) is 10.5 Å². The summed E-state index contributed by atoms with van der Waals surface area (Å²) in [7, 11) is 0. The molecule has 0 saturated carbocycles. The summed E-state index contributed by atoms with van der Waals surface area (Å²) in [5.74, 6) is -0.429. The van der Waals surface area contributed by atoms with Crippen LogP contribution in [0.5, 0.6) is 0 Å². The predicted octanol–water partition coefficient (Wildman–Crippen LogP) is 4.27. The normalized spacial score (nSPS) is 10.2. The second-order valence-electron chi connectivity index (χ2n) is 4.90. The number of carbonyl (C=O) groups is 1. The Morgan fingerprint density at radius 3 is 2.46 bits per heavy atom. The van der Waals surface area contributed by atoms with Gasteiger partial charge >= 0.3 is 0 Å². The van der Waals surface area contributed by atoms with Gasteiger partial charge in [-0.15, -0.1) is 10.2 Å². The van der Waals surface area contributed by atoms with Crippen molar-refractivity contribution in [3.05, 3.63) is 77.2 Å². The lowest BCUT2D eigenvalue weighted by Crippen LogP contribution is -2.14. The van der Waals surface area contributed by atoms with Gasteiger partial charge in [0.1, 0.15) is 5.82 Å². The molecule has 3 rings (SSSR count). The van der Waals surface area contributed by atoms with E-state index in [1.165, 1.54) is 24.3 Å². The molecule has 2 N–H and O–H groups in total. The van der Waals surface area contributed by atoms with Crippen molar-refractivity contribution in [3.8, 4) is 0 Å². The number of hydrogen-bond donors (Lipinski definition) is 2. The molecule has 0 aliphatic carbocycles. The van der Waals surface area contributed by atoms with Gasteiger partial charge in [0.15, 0.2) is 11.5 Å². The average Bonchev–Trinajstić information content (AvgIpc) is 2.55. The molecule has 0 radical (unpaired) electrons. The summed E-state index contributed by atoms with van der Waals surface area (Å²) in [4.78, 5) is 12.1. The molecule has 1 amide bonds. The van der Waals surface area contributed by atoms with Crippen LogP contribution in [0.25, 0.3) is 0 Å². The van der Waals surface area contributed by atoms with Gasteiger partial charge in [0.2, 0.25) is 0 Å². The third kappa shape index (κ3) is 4.05. The highest BCUT2D eigenvalue weighted by molar-refractivity contribution is 6.30. The first-order valence-electron chi connectivity index (χ1n) is 7.03. The Morgan fingerprint density at radius 2 is 1.75 bits per heavy atom. The molecule has 1 heterocycles. The second-order valence-corrected chi connectivity index (χ2v) is 5.34. The Labute approximate surface area is 142 Å². The molecule has 3 aromatic rings. The van der Waals surface area contributed by atoms with Crippen LogP contribution in [0.4, 0.5) is 21.6 Å². The third-order valence-corrected chi connectivity index (χ3v) is 3.31. The summed E-state index contributed by atoms with van der Waals surface area (Å²) in [6.45, 7) is 0. The maximum atomic E-state index is 13.1. The van der Waals surface area contributed by atoms with Crippen LogP contribution < -0.4 is 10.6 Å². The van der Waals surface area contributed by atoms with Crippen LogP contribution >= 0.6 is 11.6 Å². The highest BCUT2D eigenvalue weighted by atomic mass is 35.5. The summed E-state index contributed by atoms with van der Waals surface area (Å²) in [5.41, 5.74) is 1.23. The molecular weight excluding hydrogens is 331 g/mol. The van der Waals surface area contributed by atoms with E-state index in [1.54, 1.807) is 30.3 Å². The number of aromatic nitrogens is 2. The van der Waals surface area contributed by atoms with Gasteiger partial charge in [-0.1, -0.05) is 23.7 Å². The van der Waals surface area contributed by atoms with E-state index >= 15 is 0 Å². The minimum absolute atomic E-state index is 0.121. The van der Waals surface area contributed by atoms with Crippen molar-refractivity contribution in [3.63, 3.8) is 0 Å². The molecule has 0 atom stereocenters. The number of rotatable bonds is 4. The number of anilines is 3. The van der Waals surface area contributed by atoms with E-state index in [1.807, 2.05) is 6.07 Å². The van der Waals surface area contributed by atoms with Gasteiger partial charge in [-0.2, -0.15) is 0 Å². The van der Waals surface area contributed by atoms with Gasteiger partial charge in [0.25, 0.3) is 5.91 Å². The van der Waals surface area contributed by atoms with Gasteiger partial charge in [-0.25, -0.2) is 4.39 Å². The third-order valence-electron chi connectivity index (χ3n) is 3.08. The van der Waals surface area contributed by atoms with Crippen LogP contribution in [0.2, 0.25) is 5.02 Å². The highest BCUT2D eigenvalue weighted by Gasteiger charge is 2.09. The van der Waals surface area contributed by atoms with Gasteiger partial charge in [-0.3, -0.25) is 4.79 Å². The van der Waals surface area contributed by atoms with Crippen LogP contribution in [0.3, 0.4) is 0 Å². The fraction of sp³-hybridized carbons (Fsp3) is 0. The molecule has 120 valence electrons. The van der Waals surface area contributed by atoms with Crippen molar-refractivity contribution in [2.75, 3.05) is 10.6 Å². The van der Waals surface area contributed by atoms with Gasteiger partial charge in [0, 0.05) is 16.4 Å². The molecule has 24 heavy (non-hydrogen) atoms. The Hall–Kier alpha value is -2.99. The maximum absolute atomic E-state index is 13.1. The van der Waals surface area contributed by atoms with E-state index in [9.17, 15) is 9.18 Å². The van der Waals surface area contributed by atoms with Crippen LogP contribution in [-0.4, -0.2) is 16.1 Å². The van der Waals surface area contributed by atoms with E-state index in [4.69, 9.17) is 11.6 Å². The summed E-state index contributed by atoms with van der Waals surface area (Å²) in [6.07, 6.45) is 0. The van der Waals surface area contributed by atoms with E-state index in [0.29, 0.717) is 16.5 Å². The second kappa shape index (κ2) is 7.06. The SMILES string of the molecule is O=C(Nc1cccc(F)c1)c1ccc(Nc2cccc(Cl)c2)nn1. The number of benzene rings is 2. The Kier molecular flexibility index (Phi) is 4.67. The minimum atomic E-state index is -0.470. The molecular formula is C17H12ClFN4O. The number of nitrogens with one attached hydrogen (secondary N) is 2. The lowest BCUT2D eigenvalue weighted by molar-refractivity contribution is 0.102. The fourth-order valence-electron chi connectivity index (χ4n) is 2.00. The minimum Gasteiger partial charge on any atom is -0.339 e. The number of amides is 1. The van der Waals surface area contributed by atoms with E-state index in [-0.39, 0.29) is 5.69 Å². The van der Waals surface area contributed by atoms with Gasteiger partial charge in [-0.05, 0) is 48.5 Å². The largest absolute Gasteiger partial charge is 0.339 e. The zero-order chi connectivity index (χ0) is 16.9. The predicted molar refractivity (Wildman–Crippen MR) is 91.1 cm³/mol. The number of hydrogen-bond acceptors (Lipinski definition) is 4. The smallest absolute Gasteiger partial charge is 0.276 e. The first-order chi connectivity index (χ1) is 11.6. The lowest BCUT2D eigenvalue weighted by Gasteiger charge is -2.07. The highest BCUT2D eigenvalue weighted by Crippen LogP contribution is 2.18. The average molecular weight is 343 g/mol. The quantitative estimate of drug-likeness (QED) is 0.743. The van der Waals surface area contributed by atoms with Crippen molar-refractivity contribution < 1.29 is 9.18 Å². The molecule has 0 bridgehead atoms. The Balaban J connectivity index is 1.68. The lowest BCUT2D eigenvalue weighted by atomic mass is 10.3. The maximum Gasteiger partial charge on any atom is 0.276 e. The zero-order valence-corrected chi connectivity index (χ0v) is 13.1. The Morgan fingerprint density at radius 1 is 0.958 bits per heavy atom. The number of carbonyl (C=O) groups excluding carboxylic acids is 1. The van der Waals surface area contributed by atoms with Crippen molar-refractivity contribution in [1.29, 1.82) is 0 Å². The Bertz CT molecular complexity index is 870. The van der Waals surface area contributed by atoms with E-state index < -0.39 is 11.7 Å². The molecule has 0 saturated heterocycles. The standard InChI is InChI=1S/C17H12ClFN4O/c18-11-3-1-5-13(9-11)20-16-8-7-15(22-23-16)17(24)21-14-6-2-4-12(19)10-14/h1-10H,(H,20,23)(H,21,24). The first kappa shape index (κ1) is 15.9. The molecule has 1 aromatic heterocycles. The first-order valence-corrected chi connectivity index (χ1v) is 7.41. The van der Waals surface area contributed by atoms with E-state index in [2.05, 4.69) is 20.8 Å². The summed E-state index contributed by atoms with van der Waals surface area (Å²) >= 11 is 5.91. The molecule has 7 heteroatoms. The number of nitrogens with zero attached hydrogens (tertiary/aromatic N) is 2. The summed E-state index contributed by atoms with van der Waals surface area (Å²) in [5, 5.41) is 14.0. The van der Waals surface area contributed by atoms with Crippen molar-refractivity contribution in [2.24, 2.45) is 0 Å². The molecule has 0 fully saturated rings. The van der Waals surface area contributed by atoms with E-state index in [0.717, 1.165) is 5.69 Å². The fourth-order valence-corrected chi connectivity index (χ4v) is 2.19. The molecule has 0 aliphatic rings. The summed E-state index contributed by atoms with van der Waals surface area (Å²) < 4.78 is 13.1. The summed E-state index contributed by atoms with van der Waals surface area (Å²) in [6, 6.07) is 15.9. The number of halogens is 2. The van der Waals surface area contributed by atoms with Crippen molar-refractivity contribution >= 4 is 34.7 Å². The van der Waals surface area contributed by atoms with Crippen LogP contribution in [0, 0.1) is 5.82 Å². The van der Waals surface area contributed by atoms with Crippen molar-refractivity contribution in [2.45, 2.75) is 0 Å². The van der Waals surface area contributed by atoms with Crippen LogP contribution in [0.15, 0.2) is 60.7 Å². The zero-order valence-electron chi connectivity index (χ0n) is 12.3. The monoisotopic (exact) mass is 342 g/mol. The van der Waals surface area contributed by atoms with Crippen molar-refractivity contribution in [1.82, 2.24) is 10.2 Å². The molecule has 0 unspecified atom stereocenters. The van der Waals surface area contributed by atoms with Gasteiger partial charge < -0.3 is 10.6 Å². The molecule has 0 spiro atoms. The molecule has 0 aliphatic heterocycles.